The van der Waals surface area contributed by atoms with Crippen LogP contribution in [0.3, 0.4) is 0 Å². The minimum absolute atomic E-state index is 0.212. The van der Waals surface area contributed by atoms with E-state index in [9.17, 15) is 14.4 Å². The van der Waals surface area contributed by atoms with Gasteiger partial charge in [0.25, 0.3) is 0 Å². The number of amides is 3. The van der Waals surface area contributed by atoms with Gasteiger partial charge in [-0.3, -0.25) is 19.7 Å². The summed E-state index contributed by atoms with van der Waals surface area (Å²) in [6, 6.07) is 4.47. The summed E-state index contributed by atoms with van der Waals surface area (Å²) in [5, 5.41) is 15.9. The van der Waals surface area contributed by atoms with Crippen LogP contribution in [0.5, 0.6) is 5.75 Å². The highest BCUT2D eigenvalue weighted by atomic mass is 16.5. The van der Waals surface area contributed by atoms with E-state index in [0.29, 0.717) is 22.5 Å². The fraction of sp³-hybridized carbons (Fsp3) is 0.286. The molecular formula is C14H14N4O5. The van der Waals surface area contributed by atoms with Crippen LogP contribution in [0.25, 0.3) is 10.9 Å². The van der Waals surface area contributed by atoms with Gasteiger partial charge in [-0.1, -0.05) is 0 Å². The summed E-state index contributed by atoms with van der Waals surface area (Å²) in [5.41, 5.74) is 0.688. The Labute approximate surface area is 130 Å². The van der Waals surface area contributed by atoms with Crippen LogP contribution in [0.15, 0.2) is 18.2 Å². The van der Waals surface area contributed by atoms with Gasteiger partial charge in [-0.15, -0.1) is 0 Å². The average Bonchev–Trinajstić information content (AvgIpc) is 2.82. The highest BCUT2D eigenvalue weighted by Gasteiger charge is 2.27. The zero-order valence-electron chi connectivity index (χ0n) is 12.3. The number of carbonyl (C=O) groups is 3. The summed E-state index contributed by atoms with van der Waals surface area (Å²) in [5.74, 6) is -0.536. The molecule has 1 saturated heterocycles. The fourth-order valence-electron chi connectivity index (χ4n) is 2.42. The van der Waals surface area contributed by atoms with E-state index in [4.69, 9.17) is 9.84 Å². The number of rotatable bonds is 4. The van der Waals surface area contributed by atoms with Gasteiger partial charge in [0.05, 0.1) is 5.52 Å². The fourth-order valence-corrected chi connectivity index (χ4v) is 2.42. The van der Waals surface area contributed by atoms with Crippen molar-refractivity contribution in [1.82, 2.24) is 15.1 Å². The van der Waals surface area contributed by atoms with Crippen LogP contribution in [0.1, 0.15) is 6.42 Å². The molecule has 0 radical (unpaired) electrons. The van der Waals surface area contributed by atoms with E-state index in [1.807, 2.05) is 0 Å². The summed E-state index contributed by atoms with van der Waals surface area (Å²) in [6.45, 7) is -0.180. The molecule has 120 valence electrons. The maximum atomic E-state index is 12.0. The molecule has 1 aromatic heterocycles. The predicted molar refractivity (Wildman–Crippen MR) is 79.3 cm³/mol. The molecule has 2 aromatic rings. The van der Waals surface area contributed by atoms with Crippen LogP contribution in [-0.4, -0.2) is 45.9 Å². The monoisotopic (exact) mass is 318 g/mol. The second-order valence-electron chi connectivity index (χ2n) is 5.06. The van der Waals surface area contributed by atoms with Crippen molar-refractivity contribution in [3.8, 4) is 5.75 Å². The number of carboxylic acids is 1. The van der Waals surface area contributed by atoms with Crippen LogP contribution in [-0.2, 0) is 16.6 Å². The molecule has 0 bridgehead atoms. The maximum absolute atomic E-state index is 12.0. The Hall–Kier alpha value is -3.10. The lowest BCUT2D eigenvalue weighted by atomic mass is 10.2. The lowest BCUT2D eigenvalue weighted by Crippen LogP contribution is -2.49. The molecule has 0 saturated carbocycles. The first-order chi connectivity index (χ1) is 11.0. The SMILES string of the molecule is Cn1nc(N2CCC(=O)NC2=O)c2ccc(OCC(=O)O)cc21. The van der Waals surface area contributed by atoms with Crippen molar-refractivity contribution in [2.45, 2.75) is 6.42 Å². The van der Waals surface area contributed by atoms with Gasteiger partial charge in [0.15, 0.2) is 12.4 Å². The van der Waals surface area contributed by atoms with E-state index < -0.39 is 18.6 Å². The maximum Gasteiger partial charge on any atom is 0.341 e. The Morgan fingerprint density at radius 2 is 2.22 bits per heavy atom. The lowest BCUT2D eigenvalue weighted by Gasteiger charge is -2.24. The number of nitrogens with one attached hydrogen (secondary N) is 1. The average molecular weight is 318 g/mol. The largest absolute Gasteiger partial charge is 0.482 e. The van der Waals surface area contributed by atoms with Crippen molar-refractivity contribution >= 4 is 34.6 Å². The van der Waals surface area contributed by atoms with Crippen LogP contribution in [0.2, 0.25) is 0 Å². The summed E-state index contributed by atoms with van der Waals surface area (Å²) in [7, 11) is 1.71. The number of hydrogen-bond donors (Lipinski definition) is 2. The Morgan fingerprint density at radius 3 is 2.91 bits per heavy atom. The van der Waals surface area contributed by atoms with Crippen molar-refractivity contribution in [3.05, 3.63) is 18.2 Å². The van der Waals surface area contributed by atoms with Crippen LogP contribution >= 0.6 is 0 Å². The Bertz CT molecular complexity index is 813. The van der Waals surface area contributed by atoms with Crippen LogP contribution < -0.4 is 15.0 Å². The summed E-state index contributed by atoms with van der Waals surface area (Å²) in [6.07, 6.45) is 0.212. The minimum Gasteiger partial charge on any atom is -0.482 e. The number of imide groups is 1. The van der Waals surface area contributed by atoms with Gasteiger partial charge < -0.3 is 9.84 Å². The quantitative estimate of drug-likeness (QED) is 0.847. The number of aromatic nitrogens is 2. The molecule has 1 aromatic carbocycles. The van der Waals surface area contributed by atoms with Gasteiger partial charge in [0.2, 0.25) is 5.91 Å². The number of benzene rings is 1. The first kappa shape index (κ1) is 14.8. The molecule has 2 N–H and O–H groups in total. The molecular weight excluding hydrogens is 304 g/mol. The van der Waals surface area contributed by atoms with Gasteiger partial charge >= 0.3 is 12.0 Å². The molecule has 3 amide bonds. The third-order valence-electron chi connectivity index (χ3n) is 3.48. The number of urea groups is 1. The number of hydrogen-bond acceptors (Lipinski definition) is 5. The van der Waals surface area contributed by atoms with E-state index in [2.05, 4.69) is 10.4 Å². The number of ether oxygens (including phenoxy) is 1. The molecule has 1 fully saturated rings. The Kier molecular flexibility index (Phi) is 3.61. The number of nitrogens with zero attached hydrogens (tertiary/aromatic N) is 3. The van der Waals surface area contributed by atoms with Crippen molar-refractivity contribution in [2.75, 3.05) is 18.1 Å². The molecule has 9 heteroatoms. The van der Waals surface area contributed by atoms with Gasteiger partial charge in [-0.05, 0) is 12.1 Å². The molecule has 9 nitrogen and oxygen atoms in total. The van der Waals surface area contributed by atoms with E-state index >= 15 is 0 Å². The molecule has 1 aliphatic heterocycles. The second kappa shape index (κ2) is 5.59. The molecule has 3 rings (SSSR count). The molecule has 2 heterocycles. The van der Waals surface area contributed by atoms with Gasteiger partial charge in [-0.2, -0.15) is 5.10 Å². The third-order valence-corrected chi connectivity index (χ3v) is 3.48. The van der Waals surface area contributed by atoms with Gasteiger partial charge in [-0.25, -0.2) is 9.59 Å². The normalized spacial score (nSPS) is 14.9. The molecule has 0 unspecified atom stereocenters. The van der Waals surface area contributed by atoms with E-state index in [1.165, 1.54) is 4.90 Å². The van der Waals surface area contributed by atoms with Crippen LogP contribution in [0.4, 0.5) is 10.6 Å². The van der Waals surface area contributed by atoms with Crippen molar-refractivity contribution in [2.24, 2.45) is 7.05 Å². The number of aliphatic carboxylic acids is 1. The number of carboxylic acid groups (broad SMARTS) is 1. The number of aryl methyl sites for hydroxylation is 1. The smallest absolute Gasteiger partial charge is 0.341 e. The number of carbonyl (C=O) groups excluding carboxylic acids is 2. The summed E-state index contributed by atoms with van der Waals surface area (Å²) >= 11 is 0. The summed E-state index contributed by atoms with van der Waals surface area (Å²) in [4.78, 5) is 35.2. The van der Waals surface area contributed by atoms with Crippen LogP contribution in [0, 0.1) is 0 Å². The molecule has 1 aliphatic rings. The predicted octanol–water partition coefficient (Wildman–Crippen LogP) is 0.483. The zero-order valence-corrected chi connectivity index (χ0v) is 12.3. The van der Waals surface area contributed by atoms with Gasteiger partial charge in [0.1, 0.15) is 5.75 Å². The first-order valence-electron chi connectivity index (χ1n) is 6.88. The van der Waals surface area contributed by atoms with Gasteiger partial charge in [0, 0.05) is 31.5 Å². The van der Waals surface area contributed by atoms with E-state index in [0.717, 1.165) is 0 Å². The Morgan fingerprint density at radius 1 is 1.43 bits per heavy atom. The minimum atomic E-state index is -1.06. The molecule has 0 spiro atoms. The van der Waals surface area contributed by atoms with E-state index in [-0.39, 0.29) is 18.9 Å². The first-order valence-corrected chi connectivity index (χ1v) is 6.88. The zero-order chi connectivity index (χ0) is 16.6. The lowest BCUT2D eigenvalue weighted by molar-refractivity contribution is -0.139. The topological polar surface area (TPSA) is 114 Å². The van der Waals surface area contributed by atoms with E-state index in [1.54, 1.807) is 29.9 Å². The third kappa shape index (κ3) is 2.80. The van der Waals surface area contributed by atoms with Crippen molar-refractivity contribution < 1.29 is 24.2 Å². The van der Waals surface area contributed by atoms with Crippen molar-refractivity contribution in [3.63, 3.8) is 0 Å². The molecule has 0 aliphatic carbocycles. The second-order valence-corrected chi connectivity index (χ2v) is 5.06. The molecule has 23 heavy (non-hydrogen) atoms. The Balaban J connectivity index is 1.95. The highest BCUT2D eigenvalue weighted by Crippen LogP contribution is 2.29. The number of anilines is 1. The highest BCUT2D eigenvalue weighted by molar-refractivity contribution is 6.08. The molecule has 0 atom stereocenters. The summed E-state index contributed by atoms with van der Waals surface area (Å²) < 4.78 is 6.71. The standard InChI is InChI=1S/C14H14N4O5/c1-17-10-6-8(23-7-12(20)21)2-3-9(10)13(16-17)18-5-4-11(19)15-14(18)22/h2-3,6H,4-5,7H2,1H3,(H,20,21)(H,15,19,22). The van der Waals surface area contributed by atoms with Crippen molar-refractivity contribution in [1.29, 1.82) is 0 Å². The number of fused-ring (bicyclic) bond motifs is 1.